The molecule has 2 rings (SSSR count). The second-order valence-electron chi connectivity index (χ2n) is 5.08. The molecule has 0 unspecified atom stereocenters. The topological polar surface area (TPSA) is 52.3 Å². The van der Waals surface area contributed by atoms with Gasteiger partial charge in [0.2, 0.25) is 5.91 Å². The van der Waals surface area contributed by atoms with E-state index < -0.39 is 23.1 Å². The van der Waals surface area contributed by atoms with E-state index in [-0.39, 0.29) is 0 Å². The van der Waals surface area contributed by atoms with E-state index in [2.05, 4.69) is 0 Å². The number of carbonyl (C=O) groups excluding carboxylic acids is 1. The minimum Gasteiger partial charge on any atom is -0.381 e. The maximum Gasteiger partial charge on any atom is 0.416 e. The van der Waals surface area contributed by atoms with Crippen LogP contribution in [0.4, 0.5) is 13.2 Å². The summed E-state index contributed by atoms with van der Waals surface area (Å²) in [5.74, 6) is -0.618. The molecule has 0 atom stereocenters. The van der Waals surface area contributed by atoms with Gasteiger partial charge in [-0.05, 0) is 30.5 Å². The molecule has 6 heteroatoms. The average Bonchev–Trinajstić information content (AvgIpc) is 2.45. The van der Waals surface area contributed by atoms with Crippen molar-refractivity contribution in [2.24, 2.45) is 5.73 Å². The van der Waals surface area contributed by atoms with Gasteiger partial charge in [0, 0.05) is 18.6 Å². The van der Waals surface area contributed by atoms with Crippen molar-refractivity contribution in [1.82, 2.24) is 0 Å². The van der Waals surface area contributed by atoms with Crippen LogP contribution in [0.5, 0.6) is 0 Å². The number of carbonyl (C=O) groups is 1. The van der Waals surface area contributed by atoms with Gasteiger partial charge in [0.15, 0.2) is 0 Å². The molecule has 0 aromatic heterocycles. The van der Waals surface area contributed by atoms with Crippen molar-refractivity contribution in [3.05, 3.63) is 47.5 Å². The van der Waals surface area contributed by atoms with Gasteiger partial charge < -0.3 is 10.5 Å². The zero-order valence-electron chi connectivity index (χ0n) is 11.3. The van der Waals surface area contributed by atoms with Gasteiger partial charge in [0.25, 0.3) is 0 Å². The monoisotopic (exact) mass is 299 g/mol. The number of benzene rings is 1. The van der Waals surface area contributed by atoms with Crippen LogP contribution in [0, 0.1) is 0 Å². The normalized spacial score (nSPS) is 18.8. The van der Waals surface area contributed by atoms with Crippen LogP contribution >= 0.6 is 0 Å². The number of hydrogen-bond donors (Lipinski definition) is 1. The molecular weight excluding hydrogens is 283 g/mol. The predicted molar refractivity (Wildman–Crippen MR) is 71.5 cm³/mol. The summed E-state index contributed by atoms with van der Waals surface area (Å²) in [6.07, 6.45) is -0.551. The molecular formula is C15H16F3NO2. The minimum atomic E-state index is -4.39. The quantitative estimate of drug-likeness (QED) is 0.873. The Morgan fingerprint density at radius 3 is 2.52 bits per heavy atom. The Morgan fingerprint density at radius 1 is 1.29 bits per heavy atom. The Labute approximate surface area is 120 Å². The van der Waals surface area contributed by atoms with E-state index in [0.29, 0.717) is 31.6 Å². The summed E-state index contributed by atoms with van der Waals surface area (Å²) in [6, 6.07) is 5.20. The van der Waals surface area contributed by atoms with E-state index in [9.17, 15) is 18.0 Å². The highest BCUT2D eigenvalue weighted by atomic mass is 19.4. The van der Waals surface area contributed by atoms with E-state index in [0.717, 1.165) is 12.1 Å². The Balaban J connectivity index is 2.44. The van der Waals surface area contributed by atoms with Crippen LogP contribution in [0.1, 0.15) is 24.0 Å². The molecule has 3 nitrogen and oxygen atoms in total. The lowest BCUT2D eigenvalue weighted by Crippen LogP contribution is -2.32. The third kappa shape index (κ3) is 3.64. The van der Waals surface area contributed by atoms with E-state index in [1.54, 1.807) is 12.1 Å². The molecule has 0 saturated carbocycles. The molecule has 1 amide bonds. The van der Waals surface area contributed by atoms with Gasteiger partial charge in [-0.2, -0.15) is 13.2 Å². The number of amides is 1. The standard InChI is InChI=1S/C15H16F3NO2/c16-15(17,18)12-3-1-2-11(10-12)14(5-4-13(19)20)6-8-21-9-7-14/h1-5,10H,6-9H2,(H2,19,20)/b5-4-. The smallest absolute Gasteiger partial charge is 0.381 e. The first-order valence-electron chi connectivity index (χ1n) is 6.58. The molecule has 1 saturated heterocycles. The first kappa shape index (κ1) is 15.6. The Morgan fingerprint density at radius 2 is 1.95 bits per heavy atom. The largest absolute Gasteiger partial charge is 0.416 e. The first-order valence-corrected chi connectivity index (χ1v) is 6.58. The summed E-state index contributed by atoms with van der Waals surface area (Å²) in [4.78, 5) is 11.0. The molecule has 1 aliphatic rings. The van der Waals surface area contributed by atoms with Gasteiger partial charge in [-0.3, -0.25) is 4.79 Å². The van der Waals surface area contributed by atoms with Gasteiger partial charge in [-0.25, -0.2) is 0 Å². The molecule has 1 fully saturated rings. The van der Waals surface area contributed by atoms with Crippen LogP contribution in [0.15, 0.2) is 36.4 Å². The van der Waals surface area contributed by atoms with Gasteiger partial charge in [-0.1, -0.05) is 24.3 Å². The fourth-order valence-electron chi connectivity index (χ4n) is 2.53. The fourth-order valence-corrected chi connectivity index (χ4v) is 2.53. The highest BCUT2D eigenvalue weighted by Crippen LogP contribution is 2.39. The van der Waals surface area contributed by atoms with E-state index >= 15 is 0 Å². The highest BCUT2D eigenvalue weighted by molar-refractivity contribution is 5.86. The predicted octanol–water partition coefficient (Wildman–Crippen LogP) is 2.80. The van der Waals surface area contributed by atoms with Crippen LogP contribution in [-0.4, -0.2) is 19.1 Å². The van der Waals surface area contributed by atoms with Crippen molar-refractivity contribution in [1.29, 1.82) is 0 Å². The number of hydrogen-bond acceptors (Lipinski definition) is 2. The first-order chi connectivity index (χ1) is 9.83. The molecule has 1 aromatic rings. The highest BCUT2D eigenvalue weighted by Gasteiger charge is 2.35. The SMILES string of the molecule is NC(=O)/C=C\C1(c2cccc(C(F)(F)F)c2)CCOCC1. The molecule has 0 aliphatic carbocycles. The summed E-state index contributed by atoms with van der Waals surface area (Å²) >= 11 is 0. The number of halogens is 3. The van der Waals surface area contributed by atoms with Crippen LogP contribution in [-0.2, 0) is 21.1 Å². The molecule has 0 radical (unpaired) electrons. The van der Waals surface area contributed by atoms with Crippen molar-refractivity contribution in [2.45, 2.75) is 24.4 Å². The number of primary amides is 1. The molecule has 1 aliphatic heterocycles. The van der Waals surface area contributed by atoms with Crippen LogP contribution in [0.25, 0.3) is 0 Å². The second kappa shape index (κ2) is 5.89. The van der Waals surface area contributed by atoms with Crippen LogP contribution < -0.4 is 5.73 Å². The number of rotatable bonds is 3. The number of alkyl halides is 3. The van der Waals surface area contributed by atoms with Crippen molar-refractivity contribution < 1.29 is 22.7 Å². The third-order valence-electron chi connectivity index (χ3n) is 3.72. The van der Waals surface area contributed by atoms with Crippen molar-refractivity contribution >= 4 is 5.91 Å². The Bertz CT molecular complexity index is 546. The number of allylic oxidation sites excluding steroid dienone is 1. The zero-order valence-corrected chi connectivity index (χ0v) is 11.3. The lowest BCUT2D eigenvalue weighted by atomic mass is 9.73. The Kier molecular flexibility index (Phi) is 4.37. The molecule has 1 heterocycles. The maximum atomic E-state index is 12.9. The minimum absolute atomic E-state index is 0.430. The second-order valence-corrected chi connectivity index (χ2v) is 5.08. The van der Waals surface area contributed by atoms with Crippen LogP contribution in [0.3, 0.4) is 0 Å². The molecule has 21 heavy (non-hydrogen) atoms. The molecule has 0 spiro atoms. The fraction of sp³-hybridized carbons (Fsp3) is 0.400. The summed E-state index contributed by atoms with van der Waals surface area (Å²) in [5.41, 5.74) is 4.29. The maximum absolute atomic E-state index is 12.9. The molecule has 114 valence electrons. The van der Waals surface area contributed by atoms with E-state index in [1.807, 2.05) is 0 Å². The summed E-state index contributed by atoms with van der Waals surface area (Å²) in [6.45, 7) is 0.860. The van der Waals surface area contributed by atoms with Gasteiger partial charge in [0.05, 0.1) is 5.56 Å². The van der Waals surface area contributed by atoms with E-state index in [4.69, 9.17) is 10.5 Å². The summed E-state index contributed by atoms with van der Waals surface area (Å²) in [7, 11) is 0. The Hall–Kier alpha value is -1.82. The zero-order chi connectivity index (χ0) is 15.5. The number of nitrogens with two attached hydrogens (primary N) is 1. The van der Waals surface area contributed by atoms with Gasteiger partial charge in [-0.15, -0.1) is 0 Å². The summed E-state index contributed by atoms with van der Waals surface area (Å²) < 4.78 is 43.8. The molecule has 2 N–H and O–H groups in total. The number of ether oxygens (including phenoxy) is 1. The van der Waals surface area contributed by atoms with Crippen LogP contribution in [0.2, 0.25) is 0 Å². The van der Waals surface area contributed by atoms with Gasteiger partial charge in [0.1, 0.15) is 0 Å². The lowest BCUT2D eigenvalue weighted by molar-refractivity contribution is -0.137. The van der Waals surface area contributed by atoms with Crippen molar-refractivity contribution in [2.75, 3.05) is 13.2 Å². The van der Waals surface area contributed by atoms with Crippen molar-refractivity contribution in [3.8, 4) is 0 Å². The van der Waals surface area contributed by atoms with Crippen molar-refractivity contribution in [3.63, 3.8) is 0 Å². The third-order valence-corrected chi connectivity index (χ3v) is 3.72. The van der Waals surface area contributed by atoms with Gasteiger partial charge >= 0.3 is 6.18 Å². The summed E-state index contributed by atoms with van der Waals surface area (Å²) in [5, 5.41) is 0. The molecule has 1 aromatic carbocycles. The van der Waals surface area contributed by atoms with E-state index in [1.165, 1.54) is 12.1 Å². The molecule has 0 bridgehead atoms. The average molecular weight is 299 g/mol. The lowest BCUT2D eigenvalue weighted by Gasteiger charge is -2.35.